The van der Waals surface area contributed by atoms with Gasteiger partial charge in [0.2, 0.25) is 5.91 Å². The second-order valence-corrected chi connectivity index (χ2v) is 7.41. The lowest BCUT2D eigenvalue weighted by Crippen LogP contribution is -2.55. The van der Waals surface area contributed by atoms with Crippen LogP contribution in [0.4, 0.5) is 0 Å². The lowest BCUT2D eigenvalue weighted by atomic mass is 9.73. The molecule has 1 aliphatic carbocycles. The predicted molar refractivity (Wildman–Crippen MR) is 88.1 cm³/mol. The summed E-state index contributed by atoms with van der Waals surface area (Å²) in [5.74, 6) is 0.104. The number of nitrogens with zero attached hydrogens (tertiary/aromatic N) is 1. The number of fused-ring (bicyclic) bond motifs is 1. The standard InChI is InChI=1S/C16H27N3OS/c17-14(21)16(8-3-1-4-9-16)15(20)18-12-7-11-19-10-5-2-6-13(12)19/h12-13H,1-11H2,(H2,17,21)(H,18,20). The van der Waals surface area contributed by atoms with Crippen LogP contribution in [-0.2, 0) is 4.79 Å². The molecule has 118 valence electrons. The summed E-state index contributed by atoms with van der Waals surface area (Å²) in [5.41, 5.74) is 5.40. The Morgan fingerprint density at radius 3 is 2.57 bits per heavy atom. The van der Waals surface area contributed by atoms with Gasteiger partial charge in [0.25, 0.3) is 0 Å². The topological polar surface area (TPSA) is 58.4 Å². The van der Waals surface area contributed by atoms with Gasteiger partial charge in [0.05, 0.1) is 10.4 Å². The molecule has 2 unspecified atom stereocenters. The van der Waals surface area contributed by atoms with E-state index in [9.17, 15) is 4.79 Å². The van der Waals surface area contributed by atoms with Gasteiger partial charge in [-0.2, -0.15) is 0 Å². The van der Waals surface area contributed by atoms with Crippen LogP contribution < -0.4 is 11.1 Å². The molecular formula is C16H27N3OS. The maximum atomic E-state index is 12.9. The van der Waals surface area contributed by atoms with Gasteiger partial charge < -0.3 is 11.1 Å². The number of carbonyl (C=O) groups is 1. The van der Waals surface area contributed by atoms with Gasteiger partial charge in [0, 0.05) is 18.6 Å². The zero-order valence-electron chi connectivity index (χ0n) is 12.8. The quantitative estimate of drug-likeness (QED) is 0.783. The van der Waals surface area contributed by atoms with E-state index in [0.29, 0.717) is 17.1 Å². The average Bonchev–Trinajstić information content (AvgIpc) is 2.91. The van der Waals surface area contributed by atoms with Gasteiger partial charge in [-0.05, 0) is 38.6 Å². The second kappa shape index (κ2) is 6.21. The first kappa shape index (κ1) is 15.2. The van der Waals surface area contributed by atoms with E-state index < -0.39 is 5.41 Å². The van der Waals surface area contributed by atoms with Gasteiger partial charge in [-0.1, -0.05) is 37.9 Å². The van der Waals surface area contributed by atoms with Crippen LogP contribution in [0.3, 0.4) is 0 Å². The second-order valence-electron chi connectivity index (χ2n) is 6.97. The number of nitrogens with two attached hydrogens (primary N) is 1. The Morgan fingerprint density at radius 1 is 1.10 bits per heavy atom. The first-order valence-electron chi connectivity index (χ1n) is 8.48. The molecule has 1 amide bonds. The highest BCUT2D eigenvalue weighted by Crippen LogP contribution is 2.38. The van der Waals surface area contributed by atoms with E-state index in [1.54, 1.807) is 0 Å². The fourth-order valence-corrected chi connectivity index (χ4v) is 4.76. The van der Waals surface area contributed by atoms with Crippen LogP contribution in [0.25, 0.3) is 0 Å². The molecular weight excluding hydrogens is 282 g/mol. The number of carbonyl (C=O) groups excluding carboxylic acids is 1. The number of amides is 1. The third-order valence-corrected chi connectivity index (χ3v) is 6.18. The minimum absolute atomic E-state index is 0.104. The van der Waals surface area contributed by atoms with E-state index in [1.807, 2.05) is 0 Å². The van der Waals surface area contributed by atoms with Crippen molar-refractivity contribution >= 4 is 23.1 Å². The lowest BCUT2D eigenvalue weighted by molar-refractivity contribution is -0.129. The SMILES string of the molecule is NC(=S)C1(C(=O)NC2CCN3CCCCC23)CCCCC1. The third-order valence-electron chi connectivity index (χ3n) is 5.79. The summed E-state index contributed by atoms with van der Waals surface area (Å²) in [5, 5.41) is 3.32. The summed E-state index contributed by atoms with van der Waals surface area (Å²) in [6.07, 6.45) is 9.84. The normalized spacial score (nSPS) is 32.4. The van der Waals surface area contributed by atoms with Crippen molar-refractivity contribution in [2.75, 3.05) is 13.1 Å². The van der Waals surface area contributed by atoms with Crippen molar-refractivity contribution < 1.29 is 4.79 Å². The molecule has 3 N–H and O–H groups in total. The highest BCUT2D eigenvalue weighted by Gasteiger charge is 2.45. The van der Waals surface area contributed by atoms with Crippen LogP contribution in [0, 0.1) is 5.41 Å². The first-order valence-corrected chi connectivity index (χ1v) is 8.89. The van der Waals surface area contributed by atoms with Gasteiger partial charge in [-0.3, -0.25) is 9.69 Å². The van der Waals surface area contributed by atoms with E-state index in [-0.39, 0.29) is 5.91 Å². The molecule has 2 aliphatic heterocycles. The van der Waals surface area contributed by atoms with Crippen molar-refractivity contribution in [1.29, 1.82) is 0 Å². The zero-order chi connectivity index (χ0) is 14.9. The predicted octanol–water partition coefficient (Wildman–Crippen LogP) is 1.97. The van der Waals surface area contributed by atoms with E-state index in [4.69, 9.17) is 18.0 Å². The van der Waals surface area contributed by atoms with Gasteiger partial charge in [-0.15, -0.1) is 0 Å². The molecule has 1 saturated carbocycles. The molecule has 2 heterocycles. The summed E-state index contributed by atoms with van der Waals surface area (Å²) in [6, 6.07) is 0.834. The lowest BCUT2D eigenvalue weighted by Gasteiger charge is -2.38. The number of nitrogens with one attached hydrogen (secondary N) is 1. The van der Waals surface area contributed by atoms with Crippen LogP contribution >= 0.6 is 12.2 Å². The summed E-state index contributed by atoms with van der Waals surface area (Å²) in [7, 11) is 0. The van der Waals surface area contributed by atoms with Crippen molar-refractivity contribution in [2.24, 2.45) is 11.1 Å². The van der Waals surface area contributed by atoms with Gasteiger partial charge >= 0.3 is 0 Å². The summed E-state index contributed by atoms with van der Waals surface area (Å²) in [4.78, 5) is 15.8. The van der Waals surface area contributed by atoms with E-state index in [2.05, 4.69) is 10.2 Å². The van der Waals surface area contributed by atoms with Gasteiger partial charge in [-0.25, -0.2) is 0 Å². The first-order chi connectivity index (χ1) is 10.1. The minimum Gasteiger partial charge on any atom is -0.392 e. The number of hydrogen-bond donors (Lipinski definition) is 2. The Labute approximate surface area is 132 Å². The highest BCUT2D eigenvalue weighted by atomic mass is 32.1. The van der Waals surface area contributed by atoms with Crippen molar-refractivity contribution in [3.05, 3.63) is 0 Å². The maximum Gasteiger partial charge on any atom is 0.233 e. The largest absolute Gasteiger partial charge is 0.392 e. The van der Waals surface area contributed by atoms with Crippen LogP contribution in [0.5, 0.6) is 0 Å². The fraction of sp³-hybridized carbons (Fsp3) is 0.875. The molecule has 3 rings (SSSR count). The Kier molecular flexibility index (Phi) is 4.50. The van der Waals surface area contributed by atoms with Crippen LogP contribution in [-0.4, -0.2) is 41.0 Å². The maximum absolute atomic E-state index is 12.9. The molecule has 0 spiro atoms. The van der Waals surface area contributed by atoms with Gasteiger partial charge in [0.1, 0.15) is 0 Å². The molecule has 0 aromatic carbocycles. The van der Waals surface area contributed by atoms with E-state index >= 15 is 0 Å². The Balaban J connectivity index is 1.68. The van der Waals surface area contributed by atoms with E-state index in [1.165, 1.54) is 32.2 Å². The molecule has 2 atom stereocenters. The van der Waals surface area contributed by atoms with Crippen LogP contribution in [0.15, 0.2) is 0 Å². The minimum atomic E-state index is -0.574. The zero-order valence-corrected chi connectivity index (χ0v) is 13.6. The molecule has 3 fully saturated rings. The van der Waals surface area contributed by atoms with Crippen molar-refractivity contribution in [1.82, 2.24) is 10.2 Å². The molecule has 0 aromatic heterocycles. The molecule has 0 radical (unpaired) electrons. The van der Waals surface area contributed by atoms with Gasteiger partial charge in [0.15, 0.2) is 0 Å². The molecule has 2 saturated heterocycles. The number of piperidine rings is 1. The van der Waals surface area contributed by atoms with Crippen molar-refractivity contribution in [3.63, 3.8) is 0 Å². The Morgan fingerprint density at radius 2 is 1.86 bits per heavy atom. The molecule has 3 aliphatic rings. The van der Waals surface area contributed by atoms with Crippen molar-refractivity contribution in [3.8, 4) is 0 Å². The molecule has 21 heavy (non-hydrogen) atoms. The molecule has 0 bridgehead atoms. The van der Waals surface area contributed by atoms with E-state index in [0.717, 1.165) is 38.6 Å². The average molecular weight is 309 g/mol. The summed E-state index contributed by atoms with van der Waals surface area (Å²) in [6.45, 7) is 2.31. The Bertz CT molecular complexity index is 420. The number of hydrogen-bond acceptors (Lipinski definition) is 3. The summed E-state index contributed by atoms with van der Waals surface area (Å²) < 4.78 is 0. The molecule has 5 heteroatoms. The Hall–Kier alpha value is -0.680. The van der Waals surface area contributed by atoms with Crippen molar-refractivity contribution in [2.45, 2.75) is 69.9 Å². The smallest absolute Gasteiger partial charge is 0.233 e. The number of thiocarbonyl (C=S) groups is 1. The van der Waals surface area contributed by atoms with Crippen LogP contribution in [0.1, 0.15) is 57.8 Å². The monoisotopic (exact) mass is 309 g/mol. The summed E-state index contributed by atoms with van der Waals surface area (Å²) >= 11 is 5.27. The third kappa shape index (κ3) is 2.82. The fourth-order valence-electron chi connectivity index (χ4n) is 4.46. The number of rotatable bonds is 3. The highest BCUT2D eigenvalue weighted by molar-refractivity contribution is 7.80. The van der Waals surface area contributed by atoms with Crippen LogP contribution in [0.2, 0.25) is 0 Å². The molecule has 0 aromatic rings. The molecule has 4 nitrogen and oxygen atoms in total.